The number of methoxy groups -OCH3 is 1. The van der Waals surface area contributed by atoms with Crippen LogP contribution in [0.25, 0.3) is 10.2 Å². The molecule has 0 saturated heterocycles. The van der Waals surface area contributed by atoms with Crippen LogP contribution in [0.1, 0.15) is 5.76 Å². The maximum atomic E-state index is 13.0. The van der Waals surface area contributed by atoms with E-state index in [1.807, 2.05) is 24.3 Å². The number of hydrogen-bond donors (Lipinski definition) is 0. The van der Waals surface area contributed by atoms with Gasteiger partial charge in [-0.25, -0.2) is 4.98 Å². The SMILES string of the molecule is COc1ccc2nc(N(Cc3ccco3)C(=O)C3=COCCO3)sc2c1. The summed E-state index contributed by atoms with van der Waals surface area (Å²) in [5.74, 6) is 1.21. The normalized spacial score (nSPS) is 13.7. The Kier molecular flexibility index (Phi) is 4.49. The second-order valence-electron chi connectivity index (χ2n) is 5.50. The van der Waals surface area contributed by atoms with Crippen molar-refractivity contribution in [3.8, 4) is 5.75 Å². The van der Waals surface area contributed by atoms with E-state index in [1.54, 1.807) is 19.4 Å². The molecule has 0 bridgehead atoms. The molecule has 0 unspecified atom stereocenters. The molecule has 0 aliphatic carbocycles. The zero-order chi connectivity index (χ0) is 17.9. The molecule has 1 aromatic carbocycles. The highest BCUT2D eigenvalue weighted by atomic mass is 32.1. The van der Waals surface area contributed by atoms with E-state index in [1.165, 1.54) is 22.5 Å². The van der Waals surface area contributed by atoms with Crippen molar-refractivity contribution in [3.63, 3.8) is 0 Å². The van der Waals surface area contributed by atoms with Crippen molar-refractivity contribution in [2.24, 2.45) is 0 Å². The van der Waals surface area contributed by atoms with Crippen LogP contribution in [0.2, 0.25) is 0 Å². The highest BCUT2D eigenvalue weighted by Crippen LogP contribution is 2.33. The Hall–Kier alpha value is -3.00. The third-order valence-corrected chi connectivity index (χ3v) is 4.86. The number of ether oxygens (including phenoxy) is 3. The average molecular weight is 372 g/mol. The number of anilines is 1. The molecule has 1 aliphatic heterocycles. The molecule has 0 radical (unpaired) electrons. The number of amides is 1. The van der Waals surface area contributed by atoms with Gasteiger partial charge in [-0.15, -0.1) is 0 Å². The van der Waals surface area contributed by atoms with Crippen LogP contribution in [0.4, 0.5) is 5.13 Å². The molecular formula is C18H16N2O5S. The third kappa shape index (κ3) is 3.23. The molecule has 0 fully saturated rings. The van der Waals surface area contributed by atoms with Crippen molar-refractivity contribution in [2.75, 3.05) is 25.2 Å². The zero-order valence-corrected chi connectivity index (χ0v) is 14.8. The first-order valence-corrected chi connectivity index (χ1v) is 8.79. The third-order valence-electron chi connectivity index (χ3n) is 3.81. The van der Waals surface area contributed by atoms with Gasteiger partial charge in [0.25, 0.3) is 5.91 Å². The van der Waals surface area contributed by atoms with Gasteiger partial charge in [0.1, 0.15) is 31.0 Å². The van der Waals surface area contributed by atoms with Crippen LogP contribution < -0.4 is 9.64 Å². The summed E-state index contributed by atoms with van der Waals surface area (Å²) >= 11 is 1.40. The highest BCUT2D eigenvalue weighted by Gasteiger charge is 2.27. The monoisotopic (exact) mass is 372 g/mol. The molecule has 1 amide bonds. The predicted molar refractivity (Wildman–Crippen MR) is 96.1 cm³/mol. The van der Waals surface area contributed by atoms with Gasteiger partial charge in [-0.3, -0.25) is 9.69 Å². The number of hydrogen-bond acceptors (Lipinski definition) is 7. The van der Waals surface area contributed by atoms with Gasteiger partial charge in [0.05, 0.1) is 30.1 Å². The van der Waals surface area contributed by atoms with Crippen LogP contribution in [0, 0.1) is 0 Å². The molecule has 134 valence electrons. The highest BCUT2D eigenvalue weighted by molar-refractivity contribution is 7.22. The maximum absolute atomic E-state index is 13.0. The zero-order valence-electron chi connectivity index (χ0n) is 14.0. The predicted octanol–water partition coefficient (Wildman–Crippen LogP) is 3.32. The molecule has 3 aromatic rings. The summed E-state index contributed by atoms with van der Waals surface area (Å²) < 4.78 is 22.3. The van der Waals surface area contributed by atoms with Gasteiger partial charge >= 0.3 is 0 Å². The lowest BCUT2D eigenvalue weighted by Crippen LogP contribution is -2.33. The Bertz CT molecular complexity index is 948. The number of fused-ring (bicyclic) bond motifs is 1. The molecule has 0 spiro atoms. The molecule has 4 rings (SSSR count). The number of nitrogens with zero attached hydrogens (tertiary/aromatic N) is 2. The number of carbonyl (C=O) groups is 1. The Labute approximate surface area is 153 Å². The van der Waals surface area contributed by atoms with E-state index in [4.69, 9.17) is 18.6 Å². The number of benzene rings is 1. The molecule has 2 aromatic heterocycles. The largest absolute Gasteiger partial charge is 0.497 e. The van der Waals surface area contributed by atoms with Gasteiger partial charge in [-0.05, 0) is 30.3 Å². The molecule has 8 heteroatoms. The number of carbonyl (C=O) groups excluding carboxylic acids is 1. The van der Waals surface area contributed by atoms with Crippen LogP contribution in [0.5, 0.6) is 5.75 Å². The summed E-state index contributed by atoms with van der Waals surface area (Å²) in [6.45, 7) is 1.00. The fraction of sp³-hybridized carbons (Fsp3) is 0.222. The minimum atomic E-state index is -0.327. The summed E-state index contributed by atoms with van der Waals surface area (Å²) in [4.78, 5) is 19.1. The Morgan fingerprint density at radius 1 is 1.35 bits per heavy atom. The van der Waals surface area contributed by atoms with Crippen molar-refractivity contribution in [1.29, 1.82) is 0 Å². The molecule has 26 heavy (non-hydrogen) atoms. The fourth-order valence-corrected chi connectivity index (χ4v) is 3.53. The lowest BCUT2D eigenvalue weighted by Gasteiger charge is -2.22. The molecule has 7 nitrogen and oxygen atoms in total. The summed E-state index contributed by atoms with van der Waals surface area (Å²) in [6, 6.07) is 9.18. The maximum Gasteiger partial charge on any atom is 0.298 e. The van der Waals surface area contributed by atoms with Crippen LogP contribution in [0.3, 0.4) is 0 Å². The van der Waals surface area contributed by atoms with Crippen molar-refractivity contribution < 1.29 is 23.4 Å². The number of furan rings is 1. The molecule has 0 N–H and O–H groups in total. The van der Waals surface area contributed by atoms with Gasteiger partial charge in [-0.1, -0.05) is 11.3 Å². The van der Waals surface area contributed by atoms with E-state index in [-0.39, 0.29) is 18.2 Å². The Morgan fingerprint density at radius 2 is 2.27 bits per heavy atom. The minimum Gasteiger partial charge on any atom is -0.497 e. The second kappa shape index (κ2) is 7.09. The molecule has 0 atom stereocenters. The number of thiazole rings is 1. The first kappa shape index (κ1) is 16.5. The van der Waals surface area contributed by atoms with E-state index in [2.05, 4.69) is 4.98 Å². The Balaban J connectivity index is 1.71. The summed E-state index contributed by atoms with van der Waals surface area (Å²) in [5, 5.41) is 0.546. The first-order valence-electron chi connectivity index (χ1n) is 7.98. The van der Waals surface area contributed by atoms with Gasteiger partial charge in [0, 0.05) is 0 Å². The van der Waals surface area contributed by atoms with Crippen molar-refractivity contribution in [1.82, 2.24) is 4.98 Å². The van der Waals surface area contributed by atoms with E-state index >= 15 is 0 Å². The van der Waals surface area contributed by atoms with Crippen LogP contribution >= 0.6 is 11.3 Å². The molecule has 3 heterocycles. The van der Waals surface area contributed by atoms with E-state index < -0.39 is 0 Å². The molecular weight excluding hydrogens is 356 g/mol. The number of aromatic nitrogens is 1. The number of rotatable bonds is 5. The van der Waals surface area contributed by atoms with Crippen molar-refractivity contribution >= 4 is 32.6 Å². The van der Waals surface area contributed by atoms with Gasteiger partial charge in [-0.2, -0.15) is 0 Å². The van der Waals surface area contributed by atoms with E-state index in [0.717, 1.165) is 16.0 Å². The quantitative estimate of drug-likeness (QED) is 0.684. The van der Waals surface area contributed by atoms with Crippen molar-refractivity contribution in [2.45, 2.75) is 6.54 Å². The molecule has 0 saturated carbocycles. The van der Waals surface area contributed by atoms with E-state index in [9.17, 15) is 4.79 Å². The lowest BCUT2D eigenvalue weighted by molar-refractivity contribution is -0.120. The molecule has 1 aliphatic rings. The summed E-state index contributed by atoms with van der Waals surface area (Å²) in [7, 11) is 1.61. The second-order valence-corrected chi connectivity index (χ2v) is 6.51. The van der Waals surface area contributed by atoms with Crippen LogP contribution in [-0.2, 0) is 20.8 Å². The van der Waals surface area contributed by atoms with Crippen LogP contribution in [-0.4, -0.2) is 31.2 Å². The summed E-state index contributed by atoms with van der Waals surface area (Å²) in [6.07, 6.45) is 2.91. The fourth-order valence-electron chi connectivity index (χ4n) is 2.53. The standard InChI is InChI=1S/C18H16N2O5S/c1-22-12-4-5-14-16(9-12)26-18(19-14)20(10-13-3-2-6-24-13)17(21)15-11-23-7-8-25-15/h2-6,9,11H,7-8,10H2,1H3. The average Bonchev–Trinajstić information content (AvgIpc) is 3.34. The smallest absolute Gasteiger partial charge is 0.298 e. The van der Waals surface area contributed by atoms with Gasteiger partial charge in [0.2, 0.25) is 5.76 Å². The van der Waals surface area contributed by atoms with Crippen LogP contribution in [0.15, 0.2) is 53.0 Å². The van der Waals surface area contributed by atoms with E-state index in [0.29, 0.717) is 24.1 Å². The first-order chi connectivity index (χ1) is 12.7. The Morgan fingerprint density at radius 3 is 3.00 bits per heavy atom. The van der Waals surface area contributed by atoms with Gasteiger partial charge < -0.3 is 18.6 Å². The summed E-state index contributed by atoms with van der Waals surface area (Å²) in [5.41, 5.74) is 0.790. The minimum absolute atomic E-state index is 0.152. The van der Waals surface area contributed by atoms with Gasteiger partial charge in [0.15, 0.2) is 5.13 Å². The lowest BCUT2D eigenvalue weighted by atomic mass is 10.3. The topological polar surface area (TPSA) is 74.0 Å². The van der Waals surface area contributed by atoms with Crippen molar-refractivity contribution in [3.05, 3.63) is 54.4 Å².